The second kappa shape index (κ2) is 8.23. The normalized spacial score (nSPS) is 21.8. The SMILES string of the molecule is C[NH+]1CCN(C(=O)CCN2C(=O)CS[C@@H]2c2ccc(C(C)(C)C)cc2)CC1. The molecule has 2 saturated heterocycles. The molecular formula is C21H32N3O2S+. The van der Waals surface area contributed by atoms with E-state index in [4.69, 9.17) is 0 Å². The summed E-state index contributed by atoms with van der Waals surface area (Å²) in [4.78, 5) is 30.2. The second-order valence-corrected chi connectivity index (χ2v) is 9.78. The van der Waals surface area contributed by atoms with Crippen LogP contribution < -0.4 is 4.90 Å². The van der Waals surface area contributed by atoms with E-state index in [1.165, 1.54) is 10.5 Å². The average Bonchev–Trinajstić information content (AvgIpc) is 3.00. The summed E-state index contributed by atoms with van der Waals surface area (Å²) in [5, 5.41) is 0.0243. The first-order chi connectivity index (χ1) is 12.8. The molecule has 0 bridgehead atoms. The van der Waals surface area contributed by atoms with Crippen LogP contribution in [0.2, 0.25) is 0 Å². The number of quaternary nitrogens is 1. The third-order valence-corrected chi connectivity index (χ3v) is 6.82. The van der Waals surface area contributed by atoms with Crippen LogP contribution in [-0.2, 0) is 15.0 Å². The van der Waals surface area contributed by atoms with Crippen LogP contribution in [0.3, 0.4) is 0 Å². The van der Waals surface area contributed by atoms with Crippen LogP contribution in [0.25, 0.3) is 0 Å². The lowest BCUT2D eigenvalue weighted by Crippen LogP contribution is -3.12. The molecule has 0 aliphatic carbocycles. The maximum Gasteiger partial charge on any atom is 0.233 e. The molecule has 2 aliphatic heterocycles. The first-order valence-electron chi connectivity index (χ1n) is 9.86. The van der Waals surface area contributed by atoms with E-state index in [1.54, 1.807) is 11.8 Å². The minimum Gasteiger partial charge on any atom is -0.334 e. The molecule has 27 heavy (non-hydrogen) atoms. The third kappa shape index (κ3) is 4.85. The number of amides is 2. The Morgan fingerprint density at radius 3 is 2.41 bits per heavy atom. The molecule has 3 rings (SSSR count). The highest BCUT2D eigenvalue weighted by Crippen LogP contribution is 2.39. The van der Waals surface area contributed by atoms with E-state index in [0.717, 1.165) is 31.7 Å². The van der Waals surface area contributed by atoms with E-state index in [1.807, 2.05) is 9.80 Å². The largest absolute Gasteiger partial charge is 0.334 e. The van der Waals surface area contributed by atoms with Gasteiger partial charge in [0.05, 0.1) is 39.0 Å². The third-order valence-electron chi connectivity index (χ3n) is 5.57. The first-order valence-corrected chi connectivity index (χ1v) is 10.9. The Labute approximate surface area is 167 Å². The van der Waals surface area contributed by atoms with Gasteiger partial charge < -0.3 is 14.7 Å². The number of rotatable bonds is 4. The molecule has 0 radical (unpaired) electrons. The van der Waals surface area contributed by atoms with Crippen LogP contribution in [0.5, 0.6) is 0 Å². The van der Waals surface area contributed by atoms with E-state index >= 15 is 0 Å². The number of carbonyl (C=O) groups is 2. The Morgan fingerprint density at radius 2 is 1.81 bits per heavy atom. The summed E-state index contributed by atoms with van der Waals surface area (Å²) in [5.74, 6) is 0.812. The fraction of sp³-hybridized carbons (Fsp3) is 0.619. The molecule has 0 spiro atoms. The van der Waals surface area contributed by atoms with Crippen LogP contribution in [0.1, 0.15) is 43.7 Å². The number of benzene rings is 1. The van der Waals surface area contributed by atoms with E-state index in [9.17, 15) is 9.59 Å². The second-order valence-electron chi connectivity index (χ2n) is 8.71. The van der Waals surface area contributed by atoms with Crippen molar-refractivity contribution in [3.8, 4) is 0 Å². The topological polar surface area (TPSA) is 45.1 Å². The molecule has 6 heteroatoms. The summed E-state index contributed by atoms with van der Waals surface area (Å²) < 4.78 is 0. The lowest BCUT2D eigenvalue weighted by Gasteiger charge is -2.31. The van der Waals surface area contributed by atoms with Gasteiger partial charge >= 0.3 is 0 Å². The summed E-state index contributed by atoms with van der Waals surface area (Å²) >= 11 is 1.66. The quantitative estimate of drug-likeness (QED) is 0.843. The van der Waals surface area contributed by atoms with E-state index in [0.29, 0.717) is 18.7 Å². The highest BCUT2D eigenvalue weighted by molar-refractivity contribution is 8.00. The number of likely N-dealkylation sites (N-methyl/N-ethyl adjacent to an activating group) is 1. The molecule has 0 saturated carbocycles. The molecular weight excluding hydrogens is 358 g/mol. The number of thioether (sulfide) groups is 1. The van der Waals surface area contributed by atoms with Crippen molar-refractivity contribution in [2.24, 2.45) is 0 Å². The van der Waals surface area contributed by atoms with Crippen molar-refractivity contribution in [2.45, 2.75) is 38.0 Å². The zero-order chi connectivity index (χ0) is 19.6. The maximum absolute atomic E-state index is 12.5. The van der Waals surface area contributed by atoms with Crippen LogP contribution in [0, 0.1) is 0 Å². The Morgan fingerprint density at radius 1 is 1.19 bits per heavy atom. The van der Waals surface area contributed by atoms with E-state index in [-0.39, 0.29) is 22.6 Å². The minimum absolute atomic E-state index is 0.0243. The minimum atomic E-state index is 0.0243. The lowest BCUT2D eigenvalue weighted by molar-refractivity contribution is -0.883. The molecule has 0 aromatic heterocycles. The molecule has 5 nitrogen and oxygen atoms in total. The Kier molecular flexibility index (Phi) is 6.16. The molecule has 2 amide bonds. The van der Waals surface area contributed by atoms with Crippen molar-refractivity contribution in [1.29, 1.82) is 0 Å². The van der Waals surface area contributed by atoms with Crippen molar-refractivity contribution in [1.82, 2.24) is 9.80 Å². The van der Waals surface area contributed by atoms with Gasteiger partial charge in [0, 0.05) is 13.0 Å². The van der Waals surface area contributed by atoms with E-state index < -0.39 is 0 Å². The van der Waals surface area contributed by atoms with E-state index in [2.05, 4.69) is 52.1 Å². The van der Waals surface area contributed by atoms with Crippen LogP contribution in [0.4, 0.5) is 0 Å². The van der Waals surface area contributed by atoms with Crippen molar-refractivity contribution >= 4 is 23.6 Å². The summed E-state index contributed by atoms with van der Waals surface area (Å²) in [6.45, 7) is 10.8. The van der Waals surface area contributed by atoms with Crippen LogP contribution >= 0.6 is 11.8 Å². The number of hydrogen-bond acceptors (Lipinski definition) is 3. The van der Waals surface area contributed by atoms with Gasteiger partial charge in [-0.3, -0.25) is 9.59 Å². The average molecular weight is 391 g/mol. The summed E-state index contributed by atoms with van der Waals surface area (Å²) in [5.41, 5.74) is 2.56. The molecule has 1 atom stereocenters. The summed E-state index contributed by atoms with van der Waals surface area (Å²) in [7, 11) is 2.16. The van der Waals surface area contributed by atoms with Gasteiger partial charge in [0.1, 0.15) is 5.37 Å². The van der Waals surface area contributed by atoms with Crippen molar-refractivity contribution in [3.63, 3.8) is 0 Å². The van der Waals surface area contributed by atoms with Crippen LogP contribution in [-0.4, -0.2) is 67.1 Å². The van der Waals surface area contributed by atoms with Gasteiger partial charge in [0.2, 0.25) is 11.8 Å². The zero-order valence-corrected chi connectivity index (χ0v) is 17.8. The molecule has 0 unspecified atom stereocenters. The predicted octanol–water partition coefficient (Wildman–Crippen LogP) is 1.31. The zero-order valence-electron chi connectivity index (χ0n) is 17.0. The molecule has 1 aromatic carbocycles. The van der Waals surface area contributed by atoms with Gasteiger partial charge in [-0.05, 0) is 16.5 Å². The first kappa shape index (κ1) is 20.2. The fourth-order valence-electron chi connectivity index (χ4n) is 3.63. The highest BCUT2D eigenvalue weighted by Gasteiger charge is 2.33. The van der Waals surface area contributed by atoms with Gasteiger partial charge in [-0.25, -0.2) is 0 Å². The van der Waals surface area contributed by atoms with Gasteiger partial charge in [-0.1, -0.05) is 45.0 Å². The number of hydrogen-bond donors (Lipinski definition) is 1. The summed E-state index contributed by atoms with van der Waals surface area (Å²) in [6, 6.07) is 8.59. The number of nitrogens with zero attached hydrogens (tertiary/aromatic N) is 2. The highest BCUT2D eigenvalue weighted by atomic mass is 32.2. The van der Waals surface area contributed by atoms with Gasteiger partial charge in [-0.2, -0.15) is 0 Å². The Bertz CT molecular complexity index is 676. The fourth-order valence-corrected chi connectivity index (χ4v) is 4.85. The van der Waals surface area contributed by atoms with Gasteiger partial charge in [-0.15, -0.1) is 11.8 Å². The molecule has 2 fully saturated rings. The van der Waals surface area contributed by atoms with Crippen LogP contribution in [0.15, 0.2) is 24.3 Å². The lowest BCUT2D eigenvalue weighted by atomic mass is 9.86. The van der Waals surface area contributed by atoms with Gasteiger partial charge in [0.25, 0.3) is 0 Å². The summed E-state index contributed by atoms with van der Waals surface area (Å²) in [6.07, 6.45) is 0.419. The Hall–Kier alpha value is -1.53. The predicted molar refractivity (Wildman–Crippen MR) is 110 cm³/mol. The number of carbonyl (C=O) groups excluding carboxylic acids is 2. The van der Waals surface area contributed by atoms with Crippen molar-refractivity contribution < 1.29 is 14.5 Å². The Balaban J connectivity index is 1.62. The smallest absolute Gasteiger partial charge is 0.233 e. The number of nitrogens with one attached hydrogen (secondary N) is 1. The molecule has 2 heterocycles. The molecule has 1 aromatic rings. The standard InChI is InChI=1S/C21H31N3O2S/c1-21(2,3)17-7-5-16(6-8-17)20-24(19(26)15-27-20)10-9-18(25)23-13-11-22(4)12-14-23/h5-8,20H,9-15H2,1-4H3/p+1/t20-/m1/s1. The van der Waals surface area contributed by atoms with Crippen molar-refractivity contribution in [3.05, 3.63) is 35.4 Å². The van der Waals surface area contributed by atoms with Gasteiger partial charge in [0.15, 0.2) is 0 Å². The van der Waals surface area contributed by atoms with Crippen molar-refractivity contribution in [2.75, 3.05) is 45.5 Å². The monoisotopic (exact) mass is 390 g/mol. The maximum atomic E-state index is 12.5. The molecule has 148 valence electrons. The molecule has 2 aliphatic rings. The number of piperazine rings is 1. The molecule has 1 N–H and O–H groups in total.